The Hall–Kier alpha value is -1.39. The molecule has 116 valence electrons. The van der Waals surface area contributed by atoms with Crippen molar-refractivity contribution in [3.8, 4) is 0 Å². The van der Waals surface area contributed by atoms with Crippen LogP contribution in [-0.2, 0) is 9.53 Å². The molecule has 1 aromatic rings. The number of benzene rings is 1. The maximum Gasteiger partial charge on any atom is 0.310 e. The second-order valence-corrected chi connectivity index (χ2v) is 5.90. The largest absolute Gasteiger partial charge is 0.481 e. The van der Waals surface area contributed by atoms with Gasteiger partial charge in [-0.15, -0.1) is 0 Å². The minimum atomic E-state index is -0.761. The first kappa shape index (κ1) is 16.0. The maximum absolute atomic E-state index is 11.4. The number of hydrogen-bond donors (Lipinski definition) is 1. The molecule has 1 aromatic carbocycles. The molecule has 0 radical (unpaired) electrons. The first-order chi connectivity index (χ1) is 9.95. The number of nitrogens with zero attached hydrogens (tertiary/aromatic N) is 1. The predicted octanol–water partition coefficient (Wildman–Crippen LogP) is 2.79. The first-order valence-corrected chi connectivity index (χ1v) is 7.59. The van der Waals surface area contributed by atoms with Gasteiger partial charge >= 0.3 is 5.97 Å². The summed E-state index contributed by atoms with van der Waals surface area (Å²) >= 11 is 0. The molecular formula is C17H25NO3. The molecule has 0 spiro atoms. The molecule has 0 aliphatic carbocycles. The maximum atomic E-state index is 11.4. The van der Waals surface area contributed by atoms with E-state index < -0.39 is 11.9 Å². The molecule has 21 heavy (non-hydrogen) atoms. The molecule has 3 atom stereocenters. The van der Waals surface area contributed by atoms with Crippen LogP contribution in [0.5, 0.6) is 0 Å². The minimum absolute atomic E-state index is 0.0518. The highest BCUT2D eigenvalue weighted by atomic mass is 16.5. The van der Waals surface area contributed by atoms with E-state index in [0.29, 0.717) is 13.2 Å². The predicted molar refractivity (Wildman–Crippen MR) is 82.4 cm³/mol. The molecule has 1 heterocycles. The summed E-state index contributed by atoms with van der Waals surface area (Å²) in [5, 5.41) is 9.35. The zero-order valence-corrected chi connectivity index (χ0v) is 13.3. The minimum Gasteiger partial charge on any atom is -0.481 e. The Balaban J connectivity index is 2.23. The van der Waals surface area contributed by atoms with E-state index in [2.05, 4.69) is 50.8 Å². The van der Waals surface area contributed by atoms with Crippen LogP contribution < -0.4 is 0 Å². The Kier molecular flexibility index (Phi) is 5.01. The number of likely N-dealkylation sites (N-methyl/N-ethyl adjacent to an activating group) is 1. The van der Waals surface area contributed by atoms with E-state index in [4.69, 9.17) is 4.74 Å². The highest BCUT2D eigenvalue weighted by molar-refractivity contribution is 5.71. The third-order valence-electron chi connectivity index (χ3n) is 4.67. The van der Waals surface area contributed by atoms with Gasteiger partial charge in [0.2, 0.25) is 0 Å². The summed E-state index contributed by atoms with van der Waals surface area (Å²) in [4.78, 5) is 13.6. The van der Waals surface area contributed by atoms with Crippen molar-refractivity contribution in [1.82, 2.24) is 4.90 Å². The van der Waals surface area contributed by atoms with Gasteiger partial charge in [-0.25, -0.2) is 0 Å². The fraction of sp³-hybridized carbons (Fsp3) is 0.588. The van der Waals surface area contributed by atoms with Crippen molar-refractivity contribution in [2.45, 2.75) is 39.8 Å². The van der Waals surface area contributed by atoms with E-state index in [0.717, 1.165) is 6.54 Å². The van der Waals surface area contributed by atoms with Crippen LogP contribution in [0.2, 0.25) is 0 Å². The monoisotopic (exact) mass is 291 g/mol. The summed E-state index contributed by atoms with van der Waals surface area (Å²) in [6.07, 6.45) is 0. The Morgan fingerprint density at radius 2 is 2.10 bits per heavy atom. The molecule has 1 saturated heterocycles. The molecule has 0 amide bonds. The molecule has 0 aromatic heterocycles. The number of carboxylic acids is 1. The summed E-state index contributed by atoms with van der Waals surface area (Å²) in [7, 11) is 0. The normalized spacial score (nSPS) is 23.5. The van der Waals surface area contributed by atoms with Crippen molar-refractivity contribution >= 4 is 5.97 Å². The Morgan fingerprint density at radius 1 is 1.38 bits per heavy atom. The second kappa shape index (κ2) is 6.58. The lowest BCUT2D eigenvalue weighted by Crippen LogP contribution is -2.44. The van der Waals surface area contributed by atoms with Crippen molar-refractivity contribution in [3.05, 3.63) is 34.9 Å². The molecule has 0 saturated carbocycles. The van der Waals surface area contributed by atoms with E-state index in [1.165, 1.54) is 16.7 Å². The number of hydrogen-bond acceptors (Lipinski definition) is 3. The lowest BCUT2D eigenvalue weighted by molar-refractivity contribution is -0.143. The molecule has 3 unspecified atom stereocenters. The van der Waals surface area contributed by atoms with Gasteiger partial charge in [-0.1, -0.05) is 25.1 Å². The van der Waals surface area contributed by atoms with Crippen molar-refractivity contribution in [2.75, 3.05) is 19.8 Å². The smallest absolute Gasteiger partial charge is 0.310 e. The van der Waals surface area contributed by atoms with Gasteiger partial charge in [0.25, 0.3) is 0 Å². The number of carbonyl (C=O) groups is 1. The third-order valence-corrected chi connectivity index (χ3v) is 4.67. The van der Waals surface area contributed by atoms with Crippen LogP contribution in [0, 0.1) is 19.8 Å². The molecule has 4 nitrogen and oxygen atoms in total. The molecule has 1 aliphatic heterocycles. The summed E-state index contributed by atoms with van der Waals surface area (Å²) in [6, 6.07) is 6.61. The van der Waals surface area contributed by atoms with E-state index in [1.54, 1.807) is 0 Å². The van der Waals surface area contributed by atoms with Crippen LogP contribution >= 0.6 is 0 Å². The molecule has 1 fully saturated rings. The van der Waals surface area contributed by atoms with Crippen LogP contribution in [0.1, 0.15) is 36.6 Å². The number of carboxylic acid groups (broad SMARTS) is 1. The number of aryl methyl sites for hydroxylation is 2. The number of ether oxygens (including phenoxy) is 1. The van der Waals surface area contributed by atoms with Gasteiger partial charge in [0.1, 0.15) is 0 Å². The SMILES string of the molecule is CCN(C(C)c1ccc(C)c(C)c1)C1COCC1C(=O)O. The number of aliphatic carboxylic acids is 1. The van der Waals surface area contributed by atoms with E-state index in [-0.39, 0.29) is 12.1 Å². The van der Waals surface area contributed by atoms with E-state index in [1.807, 2.05) is 0 Å². The lowest BCUT2D eigenvalue weighted by Gasteiger charge is -2.35. The quantitative estimate of drug-likeness (QED) is 0.906. The fourth-order valence-corrected chi connectivity index (χ4v) is 3.12. The standard InChI is InChI=1S/C17H25NO3/c1-5-18(16-10-21-9-15(16)17(19)20)13(4)14-7-6-11(2)12(3)8-14/h6-8,13,15-16H,5,9-10H2,1-4H3,(H,19,20). The van der Waals surface area contributed by atoms with Crippen LogP contribution in [-0.4, -0.2) is 41.8 Å². The molecule has 0 bridgehead atoms. The highest BCUT2D eigenvalue weighted by Crippen LogP contribution is 2.29. The average Bonchev–Trinajstić information content (AvgIpc) is 2.92. The van der Waals surface area contributed by atoms with Crippen LogP contribution in [0.15, 0.2) is 18.2 Å². The zero-order chi connectivity index (χ0) is 15.6. The topological polar surface area (TPSA) is 49.8 Å². The van der Waals surface area contributed by atoms with Gasteiger partial charge < -0.3 is 9.84 Å². The lowest BCUT2D eigenvalue weighted by atomic mass is 9.96. The summed E-state index contributed by atoms with van der Waals surface area (Å²) < 4.78 is 5.42. The molecular weight excluding hydrogens is 266 g/mol. The van der Waals surface area contributed by atoms with Gasteiger partial charge in [-0.05, 0) is 44.0 Å². The van der Waals surface area contributed by atoms with Crippen LogP contribution in [0.4, 0.5) is 0 Å². The van der Waals surface area contributed by atoms with Gasteiger partial charge in [0, 0.05) is 12.1 Å². The molecule has 4 heteroatoms. The molecule has 1 aliphatic rings. The van der Waals surface area contributed by atoms with Crippen molar-refractivity contribution in [3.63, 3.8) is 0 Å². The van der Waals surface area contributed by atoms with Crippen molar-refractivity contribution < 1.29 is 14.6 Å². The van der Waals surface area contributed by atoms with Crippen molar-refractivity contribution in [2.24, 2.45) is 5.92 Å². The zero-order valence-electron chi connectivity index (χ0n) is 13.3. The molecule has 2 rings (SSSR count). The number of rotatable bonds is 5. The van der Waals surface area contributed by atoms with Gasteiger partial charge in [-0.2, -0.15) is 0 Å². The first-order valence-electron chi connectivity index (χ1n) is 7.59. The van der Waals surface area contributed by atoms with Gasteiger partial charge in [-0.3, -0.25) is 9.69 Å². The average molecular weight is 291 g/mol. The Labute approximate surface area is 126 Å². The highest BCUT2D eigenvalue weighted by Gasteiger charge is 2.39. The van der Waals surface area contributed by atoms with Gasteiger partial charge in [0.15, 0.2) is 0 Å². The third kappa shape index (κ3) is 3.27. The van der Waals surface area contributed by atoms with Crippen LogP contribution in [0.25, 0.3) is 0 Å². The van der Waals surface area contributed by atoms with E-state index >= 15 is 0 Å². The Morgan fingerprint density at radius 3 is 2.67 bits per heavy atom. The second-order valence-electron chi connectivity index (χ2n) is 5.90. The summed E-state index contributed by atoms with van der Waals surface area (Å²) in [6.45, 7) is 10.1. The van der Waals surface area contributed by atoms with Crippen molar-refractivity contribution in [1.29, 1.82) is 0 Å². The van der Waals surface area contributed by atoms with Crippen LogP contribution in [0.3, 0.4) is 0 Å². The van der Waals surface area contributed by atoms with E-state index in [9.17, 15) is 9.90 Å². The van der Waals surface area contributed by atoms with Gasteiger partial charge in [0.05, 0.1) is 19.1 Å². The molecule has 1 N–H and O–H groups in total. The summed E-state index contributed by atoms with van der Waals surface area (Å²) in [5.74, 6) is -1.19. The Bertz CT molecular complexity index is 515. The fourth-order valence-electron chi connectivity index (χ4n) is 3.12. The summed E-state index contributed by atoms with van der Waals surface area (Å²) in [5.41, 5.74) is 3.78.